The second-order valence-corrected chi connectivity index (χ2v) is 7.00. The van der Waals surface area contributed by atoms with Crippen molar-refractivity contribution in [2.24, 2.45) is 11.8 Å². The van der Waals surface area contributed by atoms with Crippen LogP contribution in [0, 0.1) is 5.92 Å². The molecule has 1 fully saturated rings. The van der Waals surface area contributed by atoms with E-state index in [-0.39, 0.29) is 18.2 Å². The Bertz CT molecular complexity index is 352. The number of nitrogens with zero attached hydrogens (tertiary/aromatic N) is 2. The summed E-state index contributed by atoms with van der Waals surface area (Å²) >= 11 is 1.16. The van der Waals surface area contributed by atoms with Gasteiger partial charge in [0.2, 0.25) is 11.8 Å². The Morgan fingerprint density at radius 1 is 1.33 bits per heavy atom. The maximum atomic E-state index is 12.2. The van der Waals surface area contributed by atoms with Gasteiger partial charge in [-0.3, -0.25) is 14.5 Å². The van der Waals surface area contributed by atoms with E-state index in [0.29, 0.717) is 6.54 Å². The van der Waals surface area contributed by atoms with Gasteiger partial charge in [-0.1, -0.05) is 39.5 Å². The molecule has 0 saturated carbocycles. The molecular formula is C14H28N4O2S. The summed E-state index contributed by atoms with van der Waals surface area (Å²) in [5.41, 5.74) is 2.71. The fourth-order valence-corrected chi connectivity index (χ4v) is 3.15. The van der Waals surface area contributed by atoms with Crippen LogP contribution in [0.5, 0.6) is 0 Å². The molecule has 0 aromatic heterocycles. The number of nitrogens with one attached hydrogen (secondary N) is 1. The predicted octanol–water partition coefficient (Wildman–Crippen LogP) is 1.68. The molecule has 0 radical (unpaired) electrons. The van der Waals surface area contributed by atoms with Crippen molar-refractivity contribution >= 4 is 23.8 Å². The molecule has 6 nitrogen and oxygen atoms in total. The molecule has 0 spiro atoms. The van der Waals surface area contributed by atoms with Crippen molar-refractivity contribution in [3.8, 4) is 0 Å². The van der Waals surface area contributed by atoms with Gasteiger partial charge in [0, 0.05) is 20.0 Å². The molecule has 1 unspecified atom stereocenters. The van der Waals surface area contributed by atoms with Crippen molar-refractivity contribution in [3.63, 3.8) is 0 Å². The molecule has 3 N–H and O–H groups in total. The second-order valence-electron chi connectivity index (χ2n) is 5.83. The largest absolute Gasteiger partial charge is 0.282 e. The topological polar surface area (TPSA) is 78.7 Å². The molecule has 21 heavy (non-hydrogen) atoms. The summed E-state index contributed by atoms with van der Waals surface area (Å²) in [6.45, 7) is 5.00. The number of hydrazine groups is 2. The number of likely N-dealkylation sites (tertiary alicyclic amines) is 1. The lowest BCUT2D eigenvalue weighted by Crippen LogP contribution is -2.39. The molecule has 1 heterocycles. The van der Waals surface area contributed by atoms with Gasteiger partial charge in [-0.05, 0) is 24.3 Å². The van der Waals surface area contributed by atoms with Gasteiger partial charge in [-0.25, -0.2) is 11.3 Å². The Kier molecular flexibility index (Phi) is 8.24. The van der Waals surface area contributed by atoms with E-state index in [1.807, 2.05) is 0 Å². The molecule has 122 valence electrons. The highest BCUT2D eigenvalue weighted by Crippen LogP contribution is 2.25. The van der Waals surface area contributed by atoms with Crippen molar-refractivity contribution in [1.29, 1.82) is 0 Å². The maximum absolute atomic E-state index is 12.2. The fraction of sp³-hybridized carbons (Fsp3) is 0.857. The number of amides is 2. The number of hydrogen-bond donors (Lipinski definition) is 2. The van der Waals surface area contributed by atoms with Crippen molar-refractivity contribution in [2.45, 2.75) is 57.6 Å². The molecule has 1 saturated heterocycles. The average molecular weight is 316 g/mol. The van der Waals surface area contributed by atoms with Crippen LogP contribution in [0.3, 0.4) is 0 Å². The molecule has 1 aliphatic heterocycles. The van der Waals surface area contributed by atoms with Gasteiger partial charge < -0.3 is 0 Å². The zero-order chi connectivity index (χ0) is 15.8. The number of unbranched alkanes of at least 4 members (excludes halogenated alkanes) is 3. The van der Waals surface area contributed by atoms with Crippen LogP contribution in [0.2, 0.25) is 0 Å². The Morgan fingerprint density at radius 3 is 2.62 bits per heavy atom. The molecule has 1 rings (SSSR count). The van der Waals surface area contributed by atoms with Crippen LogP contribution >= 0.6 is 11.9 Å². The van der Waals surface area contributed by atoms with Crippen molar-refractivity contribution in [1.82, 2.24) is 14.8 Å². The quantitative estimate of drug-likeness (QED) is 0.210. The first-order chi connectivity index (χ1) is 9.95. The number of imide groups is 1. The van der Waals surface area contributed by atoms with E-state index >= 15 is 0 Å². The van der Waals surface area contributed by atoms with Gasteiger partial charge in [0.25, 0.3) is 0 Å². The first-order valence-corrected chi connectivity index (χ1v) is 8.52. The molecule has 1 aliphatic rings. The molecule has 2 amide bonds. The molecule has 0 aliphatic carbocycles. The monoisotopic (exact) mass is 316 g/mol. The van der Waals surface area contributed by atoms with Crippen molar-refractivity contribution in [2.75, 3.05) is 13.6 Å². The first kappa shape index (κ1) is 18.4. The normalized spacial score (nSPS) is 19.3. The average Bonchev–Trinajstić information content (AvgIpc) is 2.69. The summed E-state index contributed by atoms with van der Waals surface area (Å²) < 4.78 is 1.27. The predicted molar refractivity (Wildman–Crippen MR) is 85.7 cm³/mol. The lowest BCUT2D eigenvalue weighted by Gasteiger charge is -2.17. The lowest BCUT2D eigenvalue weighted by molar-refractivity contribution is -0.138. The zero-order valence-electron chi connectivity index (χ0n) is 13.3. The van der Waals surface area contributed by atoms with E-state index in [4.69, 9.17) is 5.84 Å². The van der Waals surface area contributed by atoms with E-state index in [2.05, 4.69) is 19.3 Å². The minimum Gasteiger partial charge on any atom is -0.282 e. The molecule has 7 heteroatoms. The van der Waals surface area contributed by atoms with Gasteiger partial charge >= 0.3 is 0 Å². The van der Waals surface area contributed by atoms with Gasteiger partial charge in [-0.15, -0.1) is 4.52 Å². The number of carbonyl (C=O) groups excluding carboxylic acids is 2. The van der Waals surface area contributed by atoms with Crippen molar-refractivity contribution in [3.05, 3.63) is 0 Å². The highest BCUT2D eigenvalue weighted by molar-refractivity contribution is 7.98. The highest BCUT2D eigenvalue weighted by Gasteiger charge is 2.39. The Balaban J connectivity index is 2.25. The van der Waals surface area contributed by atoms with Crippen LogP contribution in [-0.4, -0.2) is 40.1 Å². The fourth-order valence-electron chi connectivity index (χ4n) is 2.34. The Labute approximate surface area is 131 Å². The molecule has 1 atom stereocenters. The van der Waals surface area contributed by atoms with Gasteiger partial charge in [0.15, 0.2) is 0 Å². The van der Waals surface area contributed by atoms with Crippen LogP contribution in [0.1, 0.15) is 52.4 Å². The summed E-state index contributed by atoms with van der Waals surface area (Å²) in [6.07, 6.45) is 5.85. The third-order valence-corrected chi connectivity index (χ3v) is 4.61. The van der Waals surface area contributed by atoms with E-state index in [9.17, 15) is 9.59 Å². The zero-order valence-corrected chi connectivity index (χ0v) is 14.1. The lowest BCUT2D eigenvalue weighted by atomic mass is 10.0. The van der Waals surface area contributed by atoms with Crippen LogP contribution < -0.4 is 11.3 Å². The third kappa shape index (κ3) is 6.34. The smallest absolute Gasteiger partial charge is 0.244 e. The number of nitrogens with two attached hydrogens (primary N) is 1. The molecule has 0 aromatic carbocycles. The Morgan fingerprint density at radius 2 is 2.00 bits per heavy atom. The molecule has 0 bridgehead atoms. The molecule has 0 aromatic rings. The van der Waals surface area contributed by atoms with E-state index in [1.165, 1.54) is 28.7 Å². The Hall–Kier alpha value is -0.630. The number of carbonyl (C=O) groups is 2. The van der Waals surface area contributed by atoms with E-state index < -0.39 is 5.25 Å². The summed E-state index contributed by atoms with van der Waals surface area (Å²) in [6, 6.07) is 0. The summed E-state index contributed by atoms with van der Waals surface area (Å²) in [5, 5.41) is -0.393. The van der Waals surface area contributed by atoms with Crippen LogP contribution in [-0.2, 0) is 9.59 Å². The minimum atomic E-state index is -0.393. The van der Waals surface area contributed by atoms with Crippen LogP contribution in [0.4, 0.5) is 0 Å². The number of rotatable bonds is 10. The van der Waals surface area contributed by atoms with Gasteiger partial charge in [-0.2, -0.15) is 0 Å². The van der Waals surface area contributed by atoms with Gasteiger partial charge in [0.05, 0.1) is 0 Å². The third-order valence-electron chi connectivity index (χ3n) is 3.58. The SMILES string of the molecule is CNN(N)SC1CC(=O)N(CCCCCCC(C)C)C1=O. The minimum absolute atomic E-state index is 0.0795. The van der Waals surface area contributed by atoms with E-state index in [0.717, 1.165) is 30.7 Å². The summed E-state index contributed by atoms with van der Waals surface area (Å²) in [4.78, 5) is 25.4. The van der Waals surface area contributed by atoms with Crippen molar-refractivity contribution < 1.29 is 9.59 Å². The summed E-state index contributed by atoms with van der Waals surface area (Å²) in [7, 11) is 1.67. The second kappa shape index (κ2) is 9.40. The standard InChI is InChI=1S/C14H28N4O2S/c1-11(2)8-6-4-5-7-9-17-13(19)10-12(14(17)20)21-18(15)16-3/h11-12,16H,4-10,15H2,1-3H3. The van der Waals surface area contributed by atoms with Crippen LogP contribution in [0.25, 0.3) is 0 Å². The van der Waals surface area contributed by atoms with E-state index in [1.54, 1.807) is 7.05 Å². The van der Waals surface area contributed by atoms with Gasteiger partial charge in [0.1, 0.15) is 5.25 Å². The summed E-state index contributed by atoms with van der Waals surface area (Å²) in [5.74, 6) is 6.14. The first-order valence-electron chi connectivity index (χ1n) is 7.69. The highest BCUT2D eigenvalue weighted by atomic mass is 32.2. The van der Waals surface area contributed by atoms with Crippen LogP contribution in [0.15, 0.2) is 0 Å². The maximum Gasteiger partial charge on any atom is 0.244 e. The molecular weight excluding hydrogens is 288 g/mol. The number of hydrogen-bond acceptors (Lipinski definition) is 6.